The lowest BCUT2D eigenvalue weighted by Crippen LogP contribution is -2.31. The van der Waals surface area contributed by atoms with E-state index in [1.54, 1.807) is 6.92 Å². The average molecular weight is 276 g/mol. The Kier molecular flexibility index (Phi) is 3.38. The van der Waals surface area contributed by atoms with Gasteiger partial charge in [-0.25, -0.2) is 4.79 Å². The van der Waals surface area contributed by atoms with E-state index in [9.17, 15) is 22.8 Å². The van der Waals surface area contributed by atoms with Gasteiger partial charge < -0.3 is 9.15 Å². The largest absolute Gasteiger partial charge is 0.468 e. The van der Waals surface area contributed by atoms with Crippen LogP contribution in [-0.4, -0.2) is 24.5 Å². The maximum atomic E-state index is 12.6. The summed E-state index contributed by atoms with van der Waals surface area (Å²) in [4.78, 5) is 23.3. The molecule has 1 unspecified atom stereocenters. The van der Waals surface area contributed by atoms with Crippen LogP contribution in [-0.2, 0) is 11.2 Å². The van der Waals surface area contributed by atoms with Crippen molar-refractivity contribution in [3.05, 3.63) is 23.2 Å². The quantitative estimate of drug-likeness (QED) is 0.779. The SMILES string of the molecule is CCOC(=O)c1coc2c1C(=O)CC(C(F)(F)F)C2. The molecule has 104 valence electrons. The summed E-state index contributed by atoms with van der Waals surface area (Å²) in [6.45, 7) is 1.70. The second-order valence-corrected chi connectivity index (χ2v) is 4.24. The number of carbonyl (C=O) groups excluding carboxylic acids is 2. The first-order valence-electron chi connectivity index (χ1n) is 5.72. The van der Waals surface area contributed by atoms with Crippen LogP contribution in [0.1, 0.15) is 39.8 Å². The van der Waals surface area contributed by atoms with Crippen LogP contribution in [0.4, 0.5) is 13.2 Å². The Morgan fingerprint density at radius 1 is 1.47 bits per heavy atom. The molecule has 7 heteroatoms. The monoisotopic (exact) mass is 276 g/mol. The minimum absolute atomic E-state index is 0.0704. The maximum Gasteiger partial charge on any atom is 0.392 e. The van der Waals surface area contributed by atoms with E-state index >= 15 is 0 Å². The summed E-state index contributed by atoms with van der Waals surface area (Å²) in [5.41, 5.74) is -0.165. The van der Waals surface area contributed by atoms with Crippen LogP contribution in [0.3, 0.4) is 0 Å². The minimum Gasteiger partial charge on any atom is -0.468 e. The van der Waals surface area contributed by atoms with Crippen molar-refractivity contribution >= 4 is 11.8 Å². The number of rotatable bonds is 2. The number of alkyl halides is 3. The first-order chi connectivity index (χ1) is 8.84. The normalized spacial score (nSPS) is 19.2. The Morgan fingerprint density at radius 2 is 2.16 bits per heavy atom. The van der Waals surface area contributed by atoms with Crippen LogP contribution in [0.5, 0.6) is 0 Å². The minimum atomic E-state index is -4.45. The first-order valence-corrected chi connectivity index (χ1v) is 5.72. The van der Waals surface area contributed by atoms with E-state index in [0.717, 1.165) is 6.26 Å². The molecule has 1 aromatic rings. The molecule has 2 rings (SSSR count). The highest BCUT2D eigenvalue weighted by molar-refractivity contribution is 6.07. The van der Waals surface area contributed by atoms with Crippen molar-refractivity contribution in [1.29, 1.82) is 0 Å². The molecule has 0 bridgehead atoms. The van der Waals surface area contributed by atoms with E-state index < -0.39 is 36.7 Å². The van der Waals surface area contributed by atoms with Crippen molar-refractivity contribution in [3.63, 3.8) is 0 Å². The summed E-state index contributed by atoms with van der Waals surface area (Å²) in [6.07, 6.45) is -4.56. The Morgan fingerprint density at radius 3 is 2.74 bits per heavy atom. The van der Waals surface area contributed by atoms with Gasteiger partial charge in [-0.3, -0.25) is 4.79 Å². The predicted octanol–water partition coefficient (Wildman–Crippen LogP) is 2.76. The van der Waals surface area contributed by atoms with Crippen LogP contribution in [0, 0.1) is 5.92 Å². The second-order valence-electron chi connectivity index (χ2n) is 4.24. The van der Waals surface area contributed by atoms with Gasteiger partial charge >= 0.3 is 12.1 Å². The number of hydrogen-bond acceptors (Lipinski definition) is 4. The van der Waals surface area contributed by atoms with E-state index in [2.05, 4.69) is 0 Å². The van der Waals surface area contributed by atoms with Gasteiger partial charge in [-0.1, -0.05) is 0 Å². The summed E-state index contributed by atoms with van der Waals surface area (Å²) in [6, 6.07) is 0. The molecule has 0 saturated heterocycles. The molecule has 1 aromatic heterocycles. The summed E-state index contributed by atoms with van der Waals surface area (Å²) in [5.74, 6) is -3.35. The molecule has 1 aliphatic rings. The number of hydrogen-bond donors (Lipinski definition) is 0. The number of Topliss-reactive ketones (excluding diaryl/α,β-unsaturated/α-hetero) is 1. The van der Waals surface area contributed by atoms with Crippen LogP contribution < -0.4 is 0 Å². The molecule has 1 heterocycles. The highest BCUT2D eigenvalue weighted by atomic mass is 19.4. The maximum absolute atomic E-state index is 12.6. The number of esters is 1. The number of fused-ring (bicyclic) bond motifs is 1. The second kappa shape index (κ2) is 4.71. The van der Waals surface area contributed by atoms with E-state index in [1.165, 1.54) is 0 Å². The third-order valence-corrected chi connectivity index (χ3v) is 2.97. The van der Waals surface area contributed by atoms with Crippen molar-refractivity contribution in [2.75, 3.05) is 6.61 Å². The third kappa shape index (κ3) is 2.50. The molecule has 0 fully saturated rings. The van der Waals surface area contributed by atoms with Gasteiger partial charge in [0, 0.05) is 12.8 Å². The Balaban J connectivity index is 2.33. The zero-order valence-electron chi connectivity index (χ0n) is 10.0. The molecule has 0 amide bonds. The van der Waals surface area contributed by atoms with E-state index in [0.29, 0.717) is 0 Å². The Hall–Kier alpha value is -1.79. The molecule has 0 N–H and O–H groups in total. The molecule has 1 atom stereocenters. The lowest BCUT2D eigenvalue weighted by atomic mass is 9.85. The molecule has 0 radical (unpaired) electrons. The fraction of sp³-hybridized carbons (Fsp3) is 0.500. The number of halogens is 3. The van der Waals surface area contributed by atoms with Crippen molar-refractivity contribution in [3.8, 4) is 0 Å². The van der Waals surface area contributed by atoms with Gasteiger partial charge in [-0.05, 0) is 6.92 Å². The zero-order valence-corrected chi connectivity index (χ0v) is 10.0. The molecule has 0 spiro atoms. The topological polar surface area (TPSA) is 56.5 Å². The predicted molar refractivity (Wildman–Crippen MR) is 56.9 cm³/mol. The van der Waals surface area contributed by atoms with Gasteiger partial charge in [-0.15, -0.1) is 0 Å². The number of ether oxygens (including phenoxy) is 1. The fourth-order valence-electron chi connectivity index (χ4n) is 2.07. The molecule has 0 aliphatic heterocycles. The molecular formula is C12H11F3O4. The summed E-state index contributed by atoms with van der Waals surface area (Å²) >= 11 is 0. The van der Waals surface area contributed by atoms with Gasteiger partial charge in [0.25, 0.3) is 0 Å². The van der Waals surface area contributed by atoms with Gasteiger partial charge in [0.1, 0.15) is 17.6 Å². The van der Waals surface area contributed by atoms with E-state index in [1.807, 2.05) is 0 Å². The molecule has 19 heavy (non-hydrogen) atoms. The van der Waals surface area contributed by atoms with Crippen molar-refractivity contribution in [1.82, 2.24) is 0 Å². The van der Waals surface area contributed by atoms with Crippen LogP contribution in [0.2, 0.25) is 0 Å². The van der Waals surface area contributed by atoms with E-state index in [4.69, 9.17) is 9.15 Å². The summed E-state index contributed by atoms with van der Waals surface area (Å²) in [5, 5.41) is 0. The average Bonchev–Trinajstić information content (AvgIpc) is 2.72. The Labute approximate surface area is 106 Å². The summed E-state index contributed by atoms with van der Waals surface area (Å²) < 4.78 is 47.5. The Bertz CT molecular complexity index is 516. The first kappa shape index (κ1) is 13.6. The lowest BCUT2D eigenvalue weighted by molar-refractivity contribution is -0.174. The van der Waals surface area contributed by atoms with Crippen molar-refractivity contribution in [2.45, 2.75) is 25.9 Å². The van der Waals surface area contributed by atoms with Crippen molar-refractivity contribution < 1.29 is 31.9 Å². The highest BCUT2D eigenvalue weighted by Gasteiger charge is 2.46. The van der Waals surface area contributed by atoms with E-state index in [-0.39, 0.29) is 23.5 Å². The molecular weight excluding hydrogens is 265 g/mol. The van der Waals surface area contributed by atoms with Crippen molar-refractivity contribution in [2.24, 2.45) is 5.92 Å². The number of ketones is 1. The van der Waals surface area contributed by atoms with Gasteiger partial charge in [-0.2, -0.15) is 13.2 Å². The fourth-order valence-corrected chi connectivity index (χ4v) is 2.07. The standard InChI is InChI=1S/C12H11F3O4/c1-2-18-11(17)7-5-19-9-4-6(12(13,14)15)3-8(16)10(7)9/h5-6H,2-4H2,1H3. The smallest absolute Gasteiger partial charge is 0.392 e. The molecule has 0 aromatic carbocycles. The zero-order chi connectivity index (χ0) is 14.2. The summed E-state index contributed by atoms with van der Waals surface area (Å²) in [7, 11) is 0. The number of furan rings is 1. The van der Waals surface area contributed by atoms with Crippen LogP contribution >= 0.6 is 0 Å². The van der Waals surface area contributed by atoms with Gasteiger partial charge in [0.15, 0.2) is 5.78 Å². The lowest BCUT2D eigenvalue weighted by Gasteiger charge is -2.22. The van der Waals surface area contributed by atoms with Crippen LogP contribution in [0.25, 0.3) is 0 Å². The van der Waals surface area contributed by atoms with Gasteiger partial charge in [0.05, 0.1) is 18.1 Å². The number of carbonyl (C=O) groups is 2. The van der Waals surface area contributed by atoms with Crippen LogP contribution in [0.15, 0.2) is 10.7 Å². The molecule has 1 aliphatic carbocycles. The van der Waals surface area contributed by atoms with Gasteiger partial charge in [0.2, 0.25) is 0 Å². The molecule has 0 saturated carbocycles. The molecule has 4 nitrogen and oxygen atoms in total. The third-order valence-electron chi connectivity index (χ3n) is 2.97. The highest BCUT2D eigenvalue weighted by Crippen LogP contribution is 2.38.